The van der Waals surface area contributed by atoms with E-state index in [1.807, 2.05) is 20.8 Å². The molecule has 1 aliphatic rings. The van der Waals surface area contributed by atoms with Crippen LogP contribution >= 0.6 is 22.6 Å². The highest BCUT2D eigenvalue weighted by Crippen LogP contribution is 2.49. The van der Waals surface area contributed by atoms with Crippen LogP contribution in [0, 0.1) is 21.1 Å². The van der Waals surface area contributed by atoms with E-state index >= 15 is 0 Å². The fraction of sp³-hybridized carbons (Fsp3) is 0.562. The van der Waals surface area contributed by atoms with Gasteiger partial charge in [0.05, 0.1) is 23.4 Å². The van der Waals surface area contributed by atoms with Crippen LogP contribution in [0.4, 0.5) is 8.78 Å². The van der Waals surface area contributed by atoms with Crippen LogP contribution in [0.3, 0.4) is 0 Å². The van der Waals surface area contributed by atoms with Crippen LogP contribution in [0.2, 0.25) is 0 Å². The van der Waals surface area contributed by atoms with Crippen molar-refractivity contribution in [2.45, 2.75) is 38.4 Å². The number of benzene rings is 1. The standard InChI is InChI=1S/C16H19F2IO4/c1-7-10(14(15(20)22-5)23-16(7,2)3)8-6-9(19)11(17)12(18)13(8)21-4/h6-7,10,14H,1-5H3/t7-,10-,14-/m0/s1. The predicted octanol–water partition coefficient (Wildman–Crippen LogP) is 3.65. The van der Waals surface area contributed by atoms with E-state index < -0.39 is 35.2 Å². The zero-order valence-corrected chi connectivity index (χ0v) is 15.7. The summed E-state index contributed by atoms with van der Waals surface area (Å²) in [6.45, 7) is 5.61. The van der Waals surface area contributed by atoms with Crippen molar-refractivity contribution in [3.63, 3.8) is 0 Å². The van der Waals surface area contributed by atoms with Crippen molar-refractivity contribution in [1.29, 1.82) is 0 Å². The maximum atomic E-state index is 14.2. The average molecular weight is 440 g/mol. The molecular formula is C16H19F2IO4. The molecule has 1 aromatic carbocycles. The third-order valence-electron chi connectivity index (χ3n) is 4.54. The topological polar surface area (TPSA) is 44.8 Å². The molecular weight excluding hydrogens is 421 g/mol. The summed E-state index contributed by atoms with van der Waals surface area (Å²) in [6, 6.07) is 1.50. The molecule has 0 radical (unpaired) electrons. The van der Waals surface area contributed by atoms with E-state index in [1.54, 1.807) is 22.6 Å². The molecule has 2 rings (SSSR count). The minimum atomic E-state index is -1.06. The van der Waals surface area contributed by atoms with E-state index in [0.29, 0.717) is 5.56 Å². The summed E-state index contributed by atoms with van der Waals surface area (Å²) in [5.41, 5.74) is -0.213. The SMILES string of the molecule is COC(=O)[C@H]1OC(C)(C)[C@@H](C)[C@H]1c1cc(I)c(F)c(F)c1OC. The number of hydrogen-bond donors (Lipinski definition) is 0. The molecule has 0 amide bonds. The Balaban J connectivity index is 2.64. The number of ether oxygens (including phenoxy) is 3. The number of carbonyl (C=O) groups excluding carboxylic acids is 1. The van der Waals surface area contributed by atoms with Crippen molar-refractivity contribution < 1.29 is 27.8 Å². The quantitative estimate of drug-likeness (QED) is 0.409. The van der Waals surface area contributed by atoms with Gasteiger partial charge in [-0.2, -0.15) is 4.39 Å². The lowest BCUT2D eigenvalue weighted by Crippen LogP contribution is -2.29. The third kappa shape index (κ3) is 3.05. The summed E-state index contributed by atoms with van der Waals surface area (Å²) in [5.74, 6) is -3.41. The molecule has 0 N–H and O–H groups in total. The van der Waals surface area contributed by atoms with Gasteiger partial charge in [-0.25, -0.2) is 9.18 Å². The first-order valence-corrected chi connectivity index (χ1v) is 8.20. The molecule has 0 saturated carbocycles. The summed E-state index contributed by atoms with van der Waals surface area (Å²) in [7, 11) is 2.54. The molecule has 23 heavy (non-hydrogen) atoms. The lowest BCUT2D eigenvalue weighted by molar-refractivity contribution is -0.157. The van der Waals surface area contributed by atoms with Gasteiger partial charge in [-0.3, -0.25) is 0 Å². The Morgan fingerprint density at radius 3 is 2.43 bits per heavy atom. The van der Waals surface area contributed by atoms with Gasteiger partial charge in [0.1, 0.15) is 0 Å². The van der Waals surface area contributed by atoms with Crippen LogP contribution in [-0.2, 0) is 14.3 Å². The summed E-state index contributed by atoms with van der Waals surface area (Å²) >= 11 is 1.72. The van der Waals surface area contributed by atoms with Crippen molar-refractivity contribution in [2.24, 2.45) is 5.92 Å². The molecule has 0 bridgehead atoms. The Morgan fingerprint density at radius 2 is 1.91 bits per heavy atom. The number of methoxy groups -OCH3 is 2. The molecule has 1 aliphatic heterocycles. The van der Waals surface area contributed by atoms with Crippen molar-refractivity contribution in [1.82, 2.24) is 0 Å². The normalized spacial score (nSPS) is 26.2. The van der Waals surface area contributed by atoms with Gasteiger partial charge in [0, 0.05) is 11.5 Å². The molecule has 0 spiro atoms. The summed E-state index contributed by atoms with van der Waals surface area (Å²) in [6.07, 6.45) is -0.903. The highest BCUT2D eigenvalue weighted by atomic mass is 127. The zero-order chi connectivity index (χ0) is 17.5. The van der Waals surface area contributed by atoms with Crippen molar-refractivity contribution >= 4 is 28.6 Å². The van der Waals surface area contributed by atoms with E-state index in [0.717, 1.165) is 0 Å². The van der Waals surface area contributed by atoms with Crippen LogP contribution in [0.15, 0.2) is 6.07 Å². The smallest absolute Gasteiger partial charge is 0.335 e. The first-order chi connectivity index (χ1) is 10.7. The molecule has 4 nitrogen and oxygen atoms in total. The van der Waals surface area contributed by atoms with E-state index in [-0.39, 0.29) is 15.2 Å². The summed E-state index contributed by atoms with van der Waals surface area (Å²) < 4.78 is 43.9. The Kier molecular flexibility index (Phi) is 5.20. The molecule has 0 aliphatic carbocycles. The Hall–Kier alpha value is -0.960. The molecule has 0 aromatic heterocycles. The lowest BCUT2D eigenvalue weighted by Gasteiger charge is -2.26. The number of esters is 1. The molecule has 3 atom stereocenters. The average Bonchev–Trinajstić information content (AvgIpc) is 2.74. The van der Waals surface area contributed by atoms with E-state index in [1.165, 1.54) is 20.3 Å². The minimum absolute atomic E-state index is 0.122. The fourth-order valence-electron chi connectivity index (χ4n) is 3.00. The van der Waals surface area contributed by atoms with Crippen LogP contribution in [0.1, 0.15) is 32.3 Å². The molecule has 7 heteroatoms. The van der Waals surface area contributed by atoms with Crippen molar-refractivity contribution in [3.05, 3.63) is 26.8 Å². The van der Waals surface area contributed by atoms with Gasteiger partial charge in [-0.1, -0.05) is 6.92 Å². The molecule has 0 unspecified atom stereocenters. The Labute approximate surface area is 147 Å². The number of hydrogen-bond acceptors (Lipinski definition) is 4. The minimum Gasteiger partial charge on any atom is -0.493 e. The van der Waals surface area contributed by atoms with Crippen molar-refractivity contribution in [2.75, 3.05) is 14.2 Å². The molecule has 1 fully saturated rings. The van der Waals surface area contributed by atoms with Gasteiger partial charge >= 0.3 is 5.97 Å². The maximum absolute atomic E-state index is 14.2. The second-order valence-corrected chi connectivity index (χ2v) is 7.25. The van der Waals surface area contributed by atoms with Crippen LogP contribution in [0.5, 0.6) is 5.75 Å². The second-order valence-electron chi connectivity index (χ2n) is 6.09. The molecule has 1 aromatic rings. The molecule has 1 heterocycles. The van der Waals surface area contributed by atoms with Gasteiger partial charge in [-0.05, 0) is 48.4 Å². The van der Waals surface area contributed by atoms with Crippen LogP contribution in [0.25, 0.3) is 0 Å². The molecule has 1 saturated heterocycles. The maximum Gasteiger partial charge on any atom is 0.335 e. The van der Waals surface area contributed by atoms with Crippen molar-refractivity contribution in [3.8, 4) is 5.75 Å². The van der Waals surface area contributed by atoms with Crippen LogP contribution in [-0.4, -0.2) is 31.9 Å². The van der Waals surface area contributed by atoms with Crippen LogP contribution < -0.4 is 4.74 Å². The lowest BCUT2D eigenvalue weighted by atomic mass is 9.78. The number of halogens is 3. The van der Waals surface area contributed by atoms with Gasteiger partial charge in [0.2, 0.25) is 5.82 Å². The first kappa shape index (κ1) is 18.4. The highest BCUT2D eigenvalue weighted by molar-refractivity contribution is 14.1. The van der Waals surface area contributed by atoms with Gasteiger partial charge in [0.15, 0.2) is 17.7 Å². The van der Waals surface area contributed by atoms with E-state index in [2.05, 4.69) is 0 Å². The zero-order valence-electron chi connectivity index (χ0n) is 13.6. The monoisotopic (exact) mass is 440 g/mol. The Bertz CT molecular complexity index is 633. The highest BCUT2D eigenvalue weighted by Gasteiger charge is 2.52. The van der Waals surface area contributed by atoms with E-state index in [4.69, 9.17) is 14.2 Å². The largest absolute Gasteiger partial charge is 0.493 e. The van der Waals surface area contributed by atoms with Gasteiger partial charge in [0.25, 0.3) is 0 Å². The number of rotatable bonds is 3. The Morgan fingerprint density at radius 1 is 1.30 bits per heavy atom. The third-order valence-corrected chi connectivity index (χ3v) is 5.32. The number of carbonyl (C=O) groups is 1. The predicted molar refractivity (Wildman–Crippen MR) is 88.5 cm³/mol. The molecule has 128 valence electrons. The van der Waals surface area contributed by atoms with E-state index in [9.17, 15) is 13.6 Å². The summed E-state index contributed by atoms with van der Waals surface area (Å²) in [5, 5.41) is 0. The first-order valence-electron chi connectivity index (χ1n) is 7.12. The second kappa shape index (κ2) is 6.51. The van der Waals surface area contributed by atoms with Gasteiger partial charge < -0.3 is 14.2 Å². The summed E-state index contributed by atoms with van der Waals surface area (Å²) in [4.78, 5) is 12.1. The fourth-order valence-corrected chi connectivity index (χ4v) is 3.57. The van der Waals surface area contributed by atoms with Gasteiger partial charge in [-0.15, -0.1) is 0 Å².